The van der Waals surface area contributed by atoms with E-state index in [4.69, 9.17) is 22.1 Å². The zero-order chi connectivity index (χ0) is 25.8. The van der Waals surface area contributed by atoms with Crippen molar-refractivity contribution >= 4 is 29.4 Å². The van der Waals surface area contributed by atoms with E-state index in [0.29, 0.717) is 17.9 Å². The summed E-state index contributed by atoms with van der Waals surface area (Å²) in [6.45, 7) is 7.81. The zero-order valence-electron chi connectivity index (χ0n) is 21.0. The summed E-state index contributed by atoms with van der Waals surface area (Å²) in [6, 6.07) is 8.96. The van der Waals surface area contributed by atoms with Crippen molar-refractivity contribution in [3.8, 4) is 5.75 Å². The van der Waals surface area contributed by atoms with Crippen molar-refractivity contribution in [3.05, 3.63) is 58.9 Å². The molecule has 0 saturated heterocycles. The van der Waals surface area contributed by atoms with Crippen molar-refractivity contribution in [1.82, 2.24) is 15.2 Å². The maximum atomic E-state index is 13.5. The van der Waals surface area contributed by atoms with Crippen LogP contribution in [-0.4, -0.2) is 38.8 Å². The van der Waals surface area contributed by atoms with Gasteiger partial charge in [-0.3, -0.25) is 19.5 Å². The number of pyridine rings is 1. The van der Waals surface area contributed by atoms with Crippen LogP contribution in [0.25, 0.3) is 0 Å². The first-order valence-corrected chi connectivity index (χ1v) is 12.7. The molecule has 9 heteroatoms. The van der Waals surface area contributed by atoms with Gasteiger partial charge in [-0.25, -0.2) is 4.99 Å². The fourth-order valence-corrected chi connectivity index (χ4v) is 5.72. The number of nitrogens with zero attached hydrogens (tertiary/aromatic N) is 3. The van der Waals surface area contributed by atoms with Crippen LogP contribution in [0.3, 0.4) is 0 Å². The first kappa shape index (κ1) is 24.6. The fourth-order valence-electron chi connectivity index (χ4n) is 5.54. The number of nitrogens with two attached hydrogens (primary N) is 1. The van der Waals surface area contributed by atoms with Crippen LogP contribution in [0.4, 0.5) is 0 Å². The van der Waals surface area contributed by atoms with Crippen LogP contribution in [0.5, 0.6) is 5.75 Å². The number of nitrogens with one attached hydrogen (secondary N) is 1. The van der Waals surface area contributed by atoms with Crippen LogP contribution in [-0.2, 0) is 9.59 Å². The van der Waals surface area contributed by atoms with Crippen LogP contribution < -0.4 is 15.8 Å². The number of hydrogen-bond donors (Lipinski definition) is 2. The number of benzene rings is 1. The number of carbonyl (C=O) groups excluding carboxylic acids is 2. The Bertz CT molecular complexity index is 1240. The number of ether oxygens (including phenoxy) is 1. The number of aliphatic imine (C=N–C) groups is 1. The summed E-state index contributed by atoms with van der Waals surface area (Å²) in [6.07, 6.45) is 4.74. The molecule has 3 N–H and O–H groups in total. The average Bonchev–Trinajstić information content (AvgIpc) is 3.55. The number of hydrogen-bond acceptors (Lipinski definition) is 6. The summed E-state index contributed by atoms with van der Waals surface area (Å²) in [5.74, 6) is 0.378. The van der Waals surface area contributed by atoms with Crippen molar-refractivity contribution in [2.45, 2.75) is 70.2 Å². The molecule has 4 atom stereocenters. The molecular formula is C27H32ClN5O3. The molecule has 0 radical (unpaired) electrons. The number of para-hydroxylation sites is 1. The molecule has 1 aromatic carbocycles. The highest BCUT2D eigenvalue weighted by atomic mass is 35.5. The van der Waals surface area contributed by atoms with E-state index < -0.39 is 17.2 Å². The molecule has 1 fully saturated rings. The molecule has 3 aliphatic rings. The van der Waals surface area contributed by atoms with Crippen molar-refractivity contribution in [2.24, 2.45) is 22.6 Å². The smallest absolute Gasteiger partial charge is 0.232 e. The van der Waals surface area contributed by atoms with Gasteiger partial charge in [-0.05, 0) is 57.7 Å². The molecule has 1 aliphatic carbocycles. The zero-order valence-corrected chi connectivity index (χ0v) is 21.7. The Morgan fingerprint density at radius 3 is 2.72 bits per heavy atom. The maximum absolute atomic E-state index is 13.5. The second-order valence-corrected chi connectivity index (χ2v) is 11.7. The summed E-state index contributed by atoms with van der Waals surface area (Å²) in [5.41, 5.74) is 7.07. The lowest BCUT2D eigenvalue weighted by Gasteiger charge is -2.38. The molecule has 5 rings (SSSR count). The molecule has 8 nitrogen and oxygen atoms in total. The van der Waals surface area contributed by atoms with Crippen LogP contribution >= 0.6 is 11.6 Å². The van der Waals surface area contributed by atoms with Gasteiger partial charge in [0.1, 0.15) is 11.4 Å². The molecule has 0 bridgehead atoms. The maximum Gasteiger partial charge on any atom is 0.232 e. The second-order valence-electron chi connectivity index (χ2n) is 11.3. The van der Waals surface area contributed by atoms with Crippen LogP contribution in [0.15, 0.2) is 47.7 Å². The fraction of sp³-hybridized carbons (Fsp3) is 0.481. The predicted octanol–water partition coefficient (Wildman–Crippen LogP) is 4.16. The average molecular weight is 510 g/mol. The Hall–Kier alpha value is -3.13. The molecular weight excluding hydrogens is 478 g/mol. The second kappa shape index (κ2) is 8.76. The first-order chi connectivity index (χ1) is 16.9. The third kappa shape index (κ3) is 4.78. The van der Waals surface area contributed by atoms with Gasteiger partial charge in [-0.1, -0.05) is 29.8 Å². The Labute approximate surface area is 216 Å². The topological polar surface area (TPSA) is 110 Å². The third-order valence-corrected chi connectivity index (χ3v) is 7.34. The number of carbonyl (C=O) groups is 2. The molecule has 2 aromatic rings. The van der Waals surface area contributed by atoms with Gasteiger partial charge in [0.25, 0.3) is 0 Å². The summed E-state index contributed by atoms with van der Waals surface area (Å²) in [7, 11) is 0. The van der Waals surface area contributed by atoms with Gasteiger partial charge in [0.05, 0.1) is 29.1 Å². The number of rotatable bonds is 5. The van der Waals surface area contributed by atoms with Crippen LogP contribution in [0.1, 0.15) is 70.2 Å². The molecule has 0 unspecified atom stereocenters. The van der Waals surface area contributed by atoms with E-state index in [1.165, 1.54) is 4.90 Å². The van der Waals surface area contributed by atoms with E-state index in [2.05, 4.69) is 15.3 Å². The summed E-state index contributed by atoms with van der Waals surface area (Å²) < 4.78 is 6.11. The highest BCUT2D eigenvalue weighted by Gasteiger charge is 2.53. The minimum absolute atomic E-state index is 0.0437. The van der Waals surface area contributed by atoms with Gasteiger partial charge in [0.2, 0.25) is 11.8 Å². The molecule has 2 aliphatic heterocycles. The minimum Gasteiger partial charge on any atom is -0.487 e. The lowest BCUT2D eigenvalue weighted by molar-refractivity contribution is -0.132. The van der Waals surface area contributed by atoms with Gasteiger partial charge in [0.15, 0.2) is 5.96 Å². The van der Waals surface area contributed by atoms with E-state index in [1.807, 2.05) is 52.0 Å². The standard InChI is InChI=1S/C27H32ClN5O3/c1-26(2)12-22(34)33(25(29)32-26)23(15-9-16(28)14-30-13-15)18-10-19(18)24(35)31-20-11-27(3,4)36-21-8-6-5-7-17(20)21/h5-9,13-14,18-20,23H,10-12H2,1-4H3,(H2,29,32)(H,31,35)/t18-,19-,20-,23+/m0/s1. The number of fused-ring (bicyclic) bond motifs is 1. The predicted molar refractivity (Wildman–Crippen MR) is 137 cm³/mol. The Morgan fingerprint density at radius 1 is 1.25 bits per heavy atom. The lowest BCUT2D eigenvalue weighted by atomic mass is 9.89. The number of amides is 2. The highest BCUT2D eigenvalue weighted by Crippen LogP contribution is 2.52. The quantitative estimate of drug-likeness (QED) is 0.629. The van der Waals surface area contributed by atoms with E-state index >= 15 is 0 Å². The number of guanidine groups is 1. The minimum atomic E-state index is -0.571. The van der Waals surface area contributed by atoms with E-state index in [-0.39, 0.29) is 42.1 Å². The Kier molecular flexibility index (Phi) is 5.98. The number of halogens is 1. The largest absolute Gasteiger partial charge is 0.487 e. The van der Waals surface area contributed by atoms with Gasteiger partial charge in [-0.15, -0.1) is 0 Å². The lowest BCUT2D eigenvalue weighted by Crippen LogP contribution is -2.52. The van der Waals surface area contributed by atoms with Crippen molar-refractivity contribution in [3.63, 3.8) is 0 Å². The van der Waals surface area contributed by atoms with Crippen molar-refractivity contribution in [1.29, 1.82) is 0 Å². The molecule has 3 heterocycles. The molecule has 190 valence electrons. The van der Waals surface area contributed by atoms with Crippen LogP contribution in [0.2, 0.25) is 5.02 Å². The molecule has 36 heavy (non-hydrogen) atoms. The monoisotopic (exact) mass is 509 g/mol. The van der Waals surface area contributed by atoms with E-state index in [0.717, 1.165) is 16.9 Å². The normalized spacial score (nSPS) is 26.8. The first-order valence-electron chi connectivity index (χ1n) is 12.3. The van der Waals surface area contributed by atoms with Crippen molar-refractivity contribution in [2.75, 3.05) is 0 Å². The van der Waals surface area contributed by atoms with E-state index in [9.17, 15) is 9.59 Å². The molecule has 1 aromatic heterocycles. The Morgan fingerprint density at radius 2 is 2.00 bits per heavy atom. The highest BCUT2D eigenvalue weighted by molar-refractivity contribution is 6.30. The summed E-state index contributed by atoms with van der Waals surface area (Å²) in [4.78, 5) is 37.1. The van der Waals surface area contributed by atoms with Gasteiger partial charge < -0.3 is 15.8 Å². The summed E-state index contributed by atoms with van der Waals surface area (Å²) in [5, 5.41) is 3.71. The van der Waals surface area contributed by atoms with Gasteiger partial charge in [0, 0.05) is 30.3 Å². The Balaban J connectivity index is 1.41. The third-order valence-electron chi connectivity index (χ3n) is 7.14. The van der Waals surface area contributed by atoms with E-state index in [1.54, 1.807) is 18.5 Å². The van der Waals surface area contributed by atoms with Gasteiger partial charge in [-0.2, -0.15) is 0 Å². The van der Waals surface area contributed by atoms with Gasteiger partial charge >= 0.3 is 0 Å². The van der Waals surface area contributed by atoms with Crippen molar-refractivity contribution < 1.29 is 14.3 Å². The number of aromatic nitrogens is 1. The molecule has 2 amide bonds. The SMILES string of the molecule is CC1(C)CC(=O)N([C@H](c2cncc(Cl)c2)[C@H]2C[C@@H]2C(=O)N[C@H]2CC(C)(C)Oc3ccccc32)C(N)=N1. The summed E-state index contributed by atoms with van der Waals surface area (Å²) >= 11 is 6.25. The molecule has 1 saturated carbocycles. The van der Waals surface area contributed by atoms with Crippen LogP contribution in [0, 0.1) is 11.8 Å². The molecule has 0 spiro atoms.